The average Bonchev–Trinajstić information content (AvgIpc) is 3.27. The zero-order valence-corrected chi connectivity index (χ0v) is 18.6. The second-order valence-corrected chi connectivity index (χ2v) is 14.5. The van der Waals surface area contributed by atoms with Gasteiger partial charge >= 0.3 is 0 Å². The van der Waals surface area contributed by atoms with Gasteiger partial charge < -0.3 is 9.16 Å². The van der Waals surface area contributed by atoms with E-state index in [2.05, 4.69) is 48.8 Å². The molecule has 0 amide bonds. The van der Waals surface area contributed by atoms with Crippen LogP contribution < -0.4 is 0 Å². The fourth-order valence-electron chi connectivity index (χ4n) is 4.12. The monoisotopic (exact) mass is 408 g/mol. The molecule has 4 rings (SSSR count). The van der Waals surface area contributed by atoms with Crippen LogP contribution in [0.1, 0.15) is 59.1 Å². The molecular weight excluding hydrogens is 380 g/mol. The lowest BCUT2D eigenvalue weighted by atomic mass is 9.96. The highest BCUT2D eigenvalue weighted by Gasteiger charge is 2.53. The van der Waals surface area contributed by atoms with Crippen molar-refractivity contribution in [1.29, 1.82) is 0 Å². The van der Waals surface area contributed by atoms with Crippen molar-refractivity contribution in [3.63, 3.8) is 0 Å². The van der Waals surface area contributed by atoms with Crippen LogP contribution in [0.2, 0.25) is 23.3 Å². The molecule has 1 aliphatic heterocycles. The summed E-state index contributed by atoms with van der Waals surface area (Å²) < 4.78 is 15.5. The zero-order chi connectivity index (χ0) is 19.4. The maximum atomic E-state index is 6.82. The zero-order valence-electron chi connectivity index (χ0n) is 16.8. The third kappa shape index (κ3) is 3.22. The van der Waals surface area contributed by atoms with Gasteiger partial charge in [0.1, 0.15) is 18.1 Å². The number of aromatic nitrogens is 4. The number of nitrogens with zero attached hydrogens (tertiary/aromatic N) is 4. The topological polar surface area (TPSA) is 62.1 Å². The van der Waals surface area contributed by atoms with E-state index >= 15 is 0 Å². The maximum Gasteiger partial charge on any atom is 0.192 e. The Morgan fingerprint density at radius 3 is 2.74 bits per heavy atom. The molecule has 6 nitrogen and oxygen atoms in total. The SMILES string of the molecule is CC(C)(C)[Si](C)(C)O[C@H]1CCC[C@]12CC[C@@H](n1cnc3c(Cl)ncnc31)O2. The molecular formula is C19H29ClN4O2Si. The first-order chi connectivity index (χ1) is 12.6. The molecule has 0 radical (unpaired) electrons. The van der Waals surface area contributed by atoms with E-state index in [1.165, 1.54) is 6.33 Å². The molecule has 1 spiro atoms. The number of fused-ring (bicyclic) bond motifs is 1. The van der Waals surface area contributed by atoms with Crippen LogP contribution in [-0.2, 0) is 9.16 Å². The molecule has 148 valence electrons. The number of rotatable bonds is 3. The number of hydrogen-bond donors (Lipinski definition) is 0. The van der Waals surface area contributed by atoms with Gasteiger partial charge in [0.05, 0.1) is 18.0 Å². The quantitative estimate of drug-likeness (QED) is 0.522. The van der Waals surface area contributed by atoms with Crippen LogP contribution in [-0.4, -0.2) is 39.5 Å². The summed E-state index contributed by atoms with van der Waals surface area (Å²) in [6, 6.07) is 0. The van der Waals surface area contributed by atoms with Gasteiger partial charge in [-0.15, -0.1) is 0 Å². The third-order valence-electron chi connectivity index (χ3n) is 6.71. The van der Waals surface area contributed by atoms with Gasteiger partial charge in [-0.25, -0.2) is 15.0 Å². The maximum absolute atomic E-state index is 6.82. The first-order valence-electron chi connectivity index (χ1n) is 9.82. The van der Waals surface area contributed by atoms with Crippen molar-refractivity contribution in [3.05, 3.63) is 17.8 Å². The van der Waals surface area contributed by atoms with Crippen molar-refractivity contribution in [2.24, 2.45) is 0 Å². The average molecular weight is 409 g/mol. The molecule has 1 saturated heterocycles. The molecule has 27 heavy (non-hydrogen) atoms. The second-order valence-electron chi connectivity index (χ2n) is 9.42. The van der Waals surface area contributed by atoms with Crippen LogP contribution in [0.4, 0.5) is 0 Å². The fourth-order valence-corrected chi connectivity index (χ4v) is 5.69. The van der Waals surface area contributed by atoms with E-state index in [1.54, 1.807) is 6.33 Å². The van der Waals surface area contributed by atoms with E-state index in [4.69, 9.17) is 20.8 Å². The van der Waals surface area contributed by atoms with Gasteiger partial charge in [-0.1, -0.05) is 32.4 Å². The highest BCUT2D eigenvalue weighted by molar-refractivity contribution is 6.74. The normalized spacial score (nSPS) is 29.3. The molecule has 3 heterocycles. The molecule has 2 aromatic heterocycles. The summed E-state index contributed by atoms with van der Waals surface area (Å²) in [7, 11) is -1.84. The first kappa shape index (κ1) is 19.3. The van der Waals surface area contributed by atoms with Gasteiger partial charge in [-0.05, 0) is 50.2 Å². The Bertz CT molecular complexity index is 850. The standard InChI is InChI=1S/C19H29ClN4O2Si/c1-18(2,3)27(4,5)26-13-7-6-9-19(13)10-8-14(25-19)24-12-23-15-16(20)21-11-22-17(15)24/h11-14H,6-10H2,1-5H3/t13-,14-,19-/m0/s1. The predicted octanol–water partition coefficient (Wildman–Crippen LogP) is 5.10. The molecule has 1 saturated carbocycles. The van der Waals surface area contributed by atoms with Crippen LogP contribution in [0.3, 0.4) is 0 Å². The summed E-state index contributed by atoms with van der Waals surface area (Å²) in [5.41, 5.74) is 1.18. The molecule has 0 N–H and O–H groups in total. The largest absolute Gasteiger partial charge is 0.411 e. The molecule has 1 aliphatic carbocycles. The molecule has 2 aliphatic rings. The Morgan fingerprint density at radius 1 is 1.22 bits per heavy atom. The Kier molecular flexibility index (Phi) is 4.65. The van der Waals surface area contributed by atoms with Gasteiger partial charge in [-0.2, -0.15) is 0 Å². The lowest BCUT2D eigenvalue weighted by Gasteiger charge is -2.42. The van der Waals surface area contributed by atoms with Crippen molar-refractivity contribution in [2.45, 2.75) is 88.9 Å². The Labute approximate surface area is 166 Å². The van der Waals surface area contributed by atoms with Crippen LogP contribution in [0.25, 0.3) is 11.2 Å². The summed E-state index contributed by atoms with van der Waals surface area (Å²) in [6.45, 7) is 11.5. The van der Waals surface area contributed by atoms with E-state index in [1.807, 2.05) is 4.57 Å². The van der Waals surface area contributed by atoms with Crippen LogP contribution in [0.5, 0.6) is 0 Å². The first-order valence-corrected chi connectivity index (χ1v) is 13.1. The lowest BCUT2D eigenvalue weighted by molar-refractivity contribution is -0.115. The smallest absolute Gasteiger partial charge is 0.192 e. The summed E-state index contributed by atoms with van der Waals surface area (Å²) in [5, 5.41) is 0.578. The predicted molar refractivity (Wildman–Crippen MR) is 108 cm³/mol. The van der Waals surface area contributed by atoms with Gasteiger partial charge in [0.2, 0.25) is 0 Å². The van der Waals surface area contributed by atoms with Crippen molar-refractivity contribution >= 4 is 31.1 Å². The van der Waals surface area contributed by atoms with Gasteiger partial charge in [0.25, 0.3) is 0 Å². The van der Waals surface area contributed by atoms with E-state index in [0.29, 0.717) is 10.7 Å². The van der Waals surface area contributed by atoms with Crippen LogP contribution >= 0.6 is 11.6 Å². The third-order valence-corrected chi connectivity index (χ3v) is 11.5. The summed E-state index contributed by atoms with van der Waals surface area (Å²) >= 11 is 6.15. The van der Waals surface area contributed by atoms with Crippen LogP contribution in [0, 0.1) is 0 Å². The van der Waals surface area contributed by atoms with E-state index in [-0.39, 0.29) is 23.0 Å². The molecule has 0 bridgehead atoms. The van der Waals surface area contributed by atoms with E-state index < -0.39 is 8.32 Å². The van der Waals surface area contributed by atoms with Crippen molar-refractivity contribution < 1.29 is 9.16 Å². The van der Waals surface area contributed by atoms with E-state index in [9.17, 15) is 0 Å². The molecule has 8 heteroatoms. The minimum Gasteiger partial charge on any atom is -0.411 e. The molecule has 3 atom stereocenters. The highest BCUT2D eigenvalue weighted by Crippen LogP contribution is 2.50. The number of halogens is 1. The lowest BCUT2D eigenvalue weighted by Crippen LogP contribution is -2.50. The Hall–Kier alpha value is -1.02. The molecule has 0 aromatic carbocycles. The van der Waals surface area contributed by atoms with Gasteiger partial charge in [0.15, 0.2) is 19.1 Å². The number of imidazole rings is 1. The summed E-state index contributed by atoms with van der Waals surface area (Å²) in [6.07, 6.45) is 8.59. The minimum atomic E-state index is -1.84. The summed E-state index contributed by atoms with van der Waals surface area (Å²) in [4.78, 5) is 12.8. The minimum absolute atomic E-state index is 0.0791. The van der Waals surface area contributed by atoms with Crippen molar-refractivity contribution in [1.82, 2.24) is 19.5 Å². The number of hydrogen-bond acceptors (Lipinski definition) is 5. The molecule has 2 fully saturated rings. The van der Waals surface area contributed by atoms with Gasteiger partial charge in [0, 0.05) is 0 Å². The molecule has 0 unspecified atom stereocenters. The Balaban J connectivity index is 1.58. The number of ether oxygens (including phenoxy) is 1. The van der Waals surface area contributed by atoms with Crippen molar-refractivity contribution in [3.8, 4) is 0 Å². The van der Waals surface area contributed by atoms with Crippen LogP contribution in [0.15, 0.2) is 12.7 Å². The Morgan fingerprint density at radius 2 is 2.00 bits per heavy atom. The van der Waals surface area contributed by atoms with E-state index in [0.717, 1.165) is 37.8 Å². The second kappa shape index (κ2) is 6.51. The van der Waals surface area contributed by atoms with Gasteiger partial charge in [-0.3, -0.25) is 4.57 Å². The summed E-state index contributed by atoms with van der Waals surface area (Å²) in [5.74, 6) is 0. The highest BCUT2D eigenvalue weighted by atomic mass is 35.5. The fraction of sp³-hybridized carbons (Fsp3) is 0.737. The van der Waals surface area contributed by atoms with Crippen molar-refractivity contribution in [2.75, 3.05) is 0 Å². The molecule has 2 aromatic rings.